The third-order valence-electron chi connectivity index (χ3n) is 3.09. The molecule has 1 aromatic heterocycles. The number of benzene rings is 1. The number of rotatable bonds is 5. The van der Waals surface area contributed by atoms with E-state index < -0.39 is 18.5 Å². The Kier molecular flexibility index (Phi) is 4.73. The first-order valence-corrected chi connectivity index (χ1v) is 6.74. The van der Waals surface area contributed by atoms with Crippen molar-refractivity contribution in [1.82, 2.24) is 9.78 Å². The second-order valence-corrected chi connectivity index (χ2v) is 4.74. The summed E-state index contributed by atoms with van der Waals surface area (Å²) in [5, 5.41) is 4.47. The molecule has 1 heterocycles. The third kappa shape index (κ3) is 3.60. The van der Waals surface area contributed by atoms with Crippen molar-refractivity contribution in [2.24, 2.45) is 5.73 Å². The first-order valence-electron chi connectivity index (χ1n) is 6.74. The molecular weight excluding hydrogens is 282 g/mol. The molecular formula is C16H17N3O3. The Morgan fingerprint density at radius 2 is 1.95 bits per heavy atom. The summed E-state index contributed by atoms with van der Waals surface area (Å²) in [6.45, 7) is 3.35. The van der Waals surface area contributed by atoms with Crippen molar-refractivity contribution in [2.75, 3.05) is 6.61 Å². The second-order valence-electron chi connectivity index (χ2n) is 4.74. The first kappa shape index (κ1) is 15.5. The van der Waals surface area contributed by atoms with Gasteiger partial charge in [0.05, 0.1) is 11.4 Å². The summed E-state index contributed by atoms with van der Waals surface area (Å²) < 4.78 is 6.48. The number of aromatic nitrogens is 2. The van der Waals surface area contributed by atoms with E-state index in [9.17, 15) is 9.59 Å². The zero-order valence-electron chi connectivity index (χ0n) is 12.4. The molecule has 0 aliphatic carbocycles. The number of ether oxygens (including phenoxy) is 1. The lowest BCUT2D eigenvalue weighted by molar-refractivity contribution is -0.142. The minimum Gasteiger partial charge on any atom is -0.452 e. The highest BCUT2D eigenvalue weighted by Gasteiger charge is 2.11. The van der Waals surface area contributed by atoms with Crippen LogP contribution in [0.4, 0.5) is 0 Å². The van der Waals surface area contributed by atoms with Gasteiger partial charge in [-0.05, 0) is 32.1 Å². The lowest BCUT2D eigenvalue weighted by Crippen LogP contribution is -2.19. The minimum absolute atomic E-state index is 0.426. The SMILES string of the molecule is Cc1nn(-c2ccccc2)c(C)c1/C=C/C(=O)OCC(N)=O. The fourth-order valence-corrected chi connectivity index (χ4v) is 2.06. The van der Waals surface area contributed by atoms with E-state index in [0.717, 1.165) is 22.6 Å². The molecule has 0 saturated heterocycles. The molecule has 0 radical (unpaired) electrons. The maximum atomic E-state index is 11.5. The van der Waals surface area contributed by atoms with Gasteiger partial charge in [0.25, 0.3) is 5.91 Å². The van der Waals surface area contributed by atoms with Gasteiger partial charge in [-0.1, -0.05) is 18.2 Å². The summed E-state index contributed by atoms with van der Waals surface area (Å²) in [5.74, 6) is -1.31. The predicted octanol–water partition coefficient (Wildman–Crippen LogP) is 1.53. The van der Waals surface area contributed by atoms with E-state index in [0.29, 0.717) is 0 Å². The van der Waals surface area contributed by atoms with E-state index in [1.165, 1.54) is 6.08 Å². The predicted molar refractivity (Wildman–Crippen MR) is 82.2 cm³/mol. The normalized spacial score (nSPS) is 10.8. The maximum absolute atomic E-state index is 11.5. The van der Waals surface area contributed by atoms with Crippen LogP contribution in [0.1, 0.15) is 17.0 Å². The van der Waals surface area contributed by atoms with Crippen LogP contribution in [-0.2, 0) is 14.3 Å². The molecule has 6 nitrogen and oxygen atoms in total. The molecule has 0 aliphatic rings. The molecule has 1 aromatic carbocycles. The zero-order chi connectivity index (χ0) is 16.1. The summed E-state index contributed by atoms with van der Waals surface area (Å²) in [6, 6.07) is 9.71. The lowest BCUT2D eigenvalue weighted by atomic mass is 10.2. The summed E-state index contributed by atoms with van der Waals surface area (Å²) in [7, 11) is 0. The van der Waals surface area contributed by atoms with E-state index >= 15 is 0 Å². The Hall–Kier alpha value is -2.89. The van der Waals surface area contributed by atoms with Gasteiger partial charge in [0.1, 0.15) is 0 Å². The summed E-state index contributed by atoms with van der Waals surface area (Å²) in [6.07, 6.45) is 2.88. The van der Waals surface area contributed by atoms with Gasteiger partial charge in [-0.2, -0.15) is 5.10 Å². The molecule has 114 valence electrons. The number of amides is 1. The Morgan fingerprint density at radius 1 is 1.27 bits per heavy atom. The van der Waals surface area contributed by atoms with Gasteiger partial charge in [-0.15, -0.1) is 0 Å². The Bertz CT molecular complexity index is 718. The van der Waals surface area contributed by atoms with Crippen LogP contribution in [0.2, 0.25) is 0 Å². The molecule has 0 aliphatic heterocycles. The molecule has 0 fully saturated rings. The first-order chi connectivity index (χ1) is 10.5. The van der Waals surface area contributed by atoms with Gasteiger partial charge in [-0.25, -0.2) is 9.48 Å². The quantitative estimate of drug-likeness (QED) is 0.670. The Morgan fingerprint density at radius 3 is 2.59 bits per heavy atom. The number of esters is 1. The Labute approximate surface area is 128 Å². The zero-order valence-corrected chi connectivity index (χ0v) is 12.4. The van der Waals surface area contributed by atoms with Crippen LogP contribution in [-0.4, -0.2) is 28.3 Å². The summed E-state index contributed by atoms with van der Waals surface area (Å²) in [5.41, 5.74) is 8.38. The van der Waals surface area contributed by atoms with Gasteiger partial charge < -0.3 is 10.5 Å². The number of nitrogens with zero attached hydrogens (tertiary/aromatic N) is 2. The molecule has 1 amide bonds. The number of aryl methyl sites for hydroxylation is 1. The topological polar surface area (TPSA) is 87.2 Å². The number of para-hydroxylation sites is 1. The monoisotopic (exact) mass is 299 g/mol. The highest BCUT2D eigenvalue weighted by Crippen LogP contribution is 2.19. The highest BCUT2D eigenvalue weighted by molar-refractivity contribution is 5.89. The maximum Gasteiger partial charge on any atom is 0.331 e. The average molecular weight is 299 g/mol. The average Bonchev–Trinajstić information content (AvgIpc) is 2.79. The van der Waals surface area contributed by atoms with Gasteiger partial charge in [0.2, 0.25) is 0 Å². The van der Waals surface area contributed by atoms with Crippen LogP contribution in [0.15, 0.2) is 36.4 Å². The molecule has 0 bridgehead atoms. The highest BCUT2D eigenvalue weighted by atomic mass is 16.5. The van der Waals surface area contributed by atoms with Crippen molar-refractivity contribution >= 4 is 18.0 Å². The van der Waals surface area contributed by atoms with Crippen molar-refractivity contribution in [3.63, 3.8) is 0 Å². The molecule has 22 heavy (non-hydrogen) atoms. The van der Waals surface area contributed by atoms with Crippen molar-refractivity contribution in [3.05, 3.63) is 53.4 Å². The van der Waals surface area contributed by atoms with Crippen LogP contribution in [0, 0.1) is 13.8 Å². The standard InChI is InChI=1S/C16H17N3O3/c1-11-14(8-9-16(21)22-10-15(17)20)12(2)19(18-11)13-6-4-3-5-7-13/h3-9H,10H2,1-2H3,(H2,17,20)/b9-8+. The molecule has 2 aromatic rings. The van der Waals surface area contributed by atoms with Crippen LogP contribution in [0.5, 0.6) is 0 Å². The molecule has 0 unspecified atom stereocenters. The summed E-state index contributed by atoms with van der Waals surface area (Å²) in [4.78, 5) is 22.0. The fourth-order valence-electron chi connectivity index (χ4n) is 2.06. The molecule has 0 saturated carbocycles. The van der Waals surface area contributed by atoms with Gasteiger partial charge in [-0.3, -0.25) is 4.79 Å². The van der Waals surface area contributed by atoms with Crippen molar-refractivity contribution in [2.45, 2.75) is 13.8 Å². The Balaban J connectivity index is 2.21. The smallest absolute Gasteiger partial charge is 0.331 e. The van der Waals surface area contributed by atoms with Gasteiger partial charge in [0.15, 0.2) is 6.61 Å². The van der Waals surface area contributed by atoms with E-state index in [-0.39, 0.29) is 0 Å². The number of carbonyl (C=O) groups is 2. The second kappa shape index (κ2) is 6.71. The number of primary amides is 1. The van der Waals surface area contributed by atoms with Crippen LogP contribution in [0.3, 0.4) is 0 Å². The van der Waals surface area contributed by atoms with Crippen molar-refractivity contribution < 1.29 is 14.3 Å². The van der Waals surface area contributed by atoms with Crippen LogP contribution < -0.4 is 5.73 Å². The molecule has 6 heteroatoms. The third-order valence-corrected chi connectivity index (χ3v) is 3.09. The molecule has 2 rings (SSSR count). The van der Waals surface area contributed by atoms with E-state index in [4.69, 9.17) is 5.73 Å². The molecule has 2 N–H and O–H groups in total. The fraction of sp³-hybridized carbons (Fsp3) is 0.188. The number of nitrogens with two attached hydrogens (primary N) is 1. The van der Waals surface area contributed by atoms with Gasteiger partial charge >= 0.3 is 5.97 Å². The largest absolute Gasteiger partial charge is 0.452 e. The molecule has 0 atom stereocenters. The van der Waals surface area contributed by atoms with E-state index in [1.807, 2.05) is 48.9 Å². The summed E-state index contributed by atoms with van der Waals surface area (Å²) >= 11 is 0. The van der Waals surface area contributed by atoms with Crippen molar-refractivity contribution in [3.8, 4) is 5.69 Å². The number of hydrogen-bond donors (Lipinski definition) is 1. The van der Waals surface area contributed by atoms with Crippen LogP contribution in [0.25, 0.3) is 11.8 Å². The number of hydrogen-bond acceptors (Lipinski definition) is 4. The molecule has 0 spiro atoms. The lowest BCUT2D eigenvalue weighted by Gasteiger charge is -2.03. The van der Waals surface area contributed by atoms with Crippen molar-refractivity contribution in [1.29, 1.82) is 0 Å². The number of carbonyl (C=O) groups excluding carboxylic acids is 2. The van der Waals surface area contributed by atoms with Crippen LogP contribution >= 0.6 is 0 Å². The van der Waals surface area contributed by atoms with E-state index in [1.54, 1.807) is 6.08 Å². The van der Waals surface area contributed by atoms with E-state index in [2.05, 4.69) is 9.84 Å². The minimum atomic E-state index is -0.689. The van der Waals surface area contributed by atoms with Gasteiger partial charge in [0, 0.05) is 17.3 Å².